The van der Waals surface area contributed by atoms with Crippen molar-refractivity contribution in [2.45, 2.75) is 83.1 Å². The van der Waals surface area contributed by atoms with E-state index in [1.165, 1.54) is 0 Å². The van der Waals surface area contributed by atoms with Crippen molar-refractivity contribution in [3.05, 3.63) is 10.4 Å². The first-order valence-corrected chi connectivity index (χ1v) is 11.0. The lowest BCUT2D eigenvalue weighted by atomic mass is 10.1. The van der Waals surface area contributed by atoms with Gasteiger partial charge in [0.1, 0.15) is 6.10 Å². The van der Waals surface area contributed by atoms with Crippen LogP contribution in [-0.2, 0) is 23.4 Å². The van der Waals surface area contributed by atoms with E-state index >= 15 is 0 Å². The Balaban J connectivity index is 2.08. The summed E-state index contributed by atoms with van der Waals surface area (Å²) in [6, 6.07) is -0.738. The Kier molecular flexibility index (Phi) is 5.16. The zero-order valence-corrected chi connectivity index (χ0v) is 16.4. The van der Waals surface area contributed by atoms with Gasteiger partial charge in [-0.2, -0.15) is 0 Å². The Labute approximate surface area is 143 Å². The van der Waals surface area contributed by atoms with E-state index in [9.17, 15) is 4.79 Å². The molecule has 0 amide bonds. The molecule has 2 saturated heterocycles. The average Bonchev–Trinajstić information content (AvgIpc) is 2.87. The van der Waals surface area contributed by atoms with Crippen molar-refractivity contribution in [2.75, 3.05) is 6.61 Å². The highest BCUT2D eigenvalue weighted by molar-refractivity contribution is 6.74. The number of rotatable bonds is 5. The number of ketones is 1. The van der Waals surface area contributed by atoms with Crippen molar-refractivity contribution in [3.63, 3.8) is 0 Å². The first kappa shape index (κ1) is 19.4. The molecule has 0 aromatic heterocycles. The maximum atomic E-state index is 12.6. The van der Waals surface area contributed by atoms with Crippen molar-refractivity contribution in [3.8, 4) is 0 Å². The molecule has 0 aromatic carbocycles. The van der Waals surface area contributed by atoms with Crippen molar-refractivity contribution < 1.29 is 23.4 Å². The minimum atomic E-state index is -2.03. The Morgan fingerprint density at radius 3 is 2.50 bits per heavy atom. The van der Waals surface area contributed by atoms with Gasteiger partial charge in [-0.05, 0) is 37.5 Å². The zero-order valence-electron chi connectivity index (χ0n) is 15.4. The van der Waals surface area contributed by atoms with Gasteiger partial charge in [-0.15, -0.1) is 0 Å². The topological polar surface area (TPSA) is 103 Å². The summed E-state index contributed by atoms with van der Waals surface area (Å²) in [4.78, 5) is 15.4. The lowest BCUT2D eigenvalue weighted by Crippen LogP contribution is -2.45. The van der Waals surface area contributed by atoms with Gasteiger partial charge in [0.05, 0.1) is 6.04 Å². The van der Waals surface area contributed by atoms with Crippen LogP contribution in [0.1, 0.15) is 34.6 Å². The van der Waals surface area contributed by atoms with Gasteiger partial charge in [0.15, 0.2) is 32.3 Å². The molecule has 2 aliphatic heterocycles. The van der Waals surface area contributed by atoms with Crippen molar-refractivity contribution in [1.29, 1.82) is 0 Å². The fourth-order valence-corrected chi connectivity index (χ4v) is 3.45. The molecule has 0 aromatic rings. The molecule has 2 aliphatic rings. The van der Waals surface area contributed by atoms with Gasteiger partial charge >= 0.3 is 0 Å². The number of carbonyl (C=O) groups is 1. The van der Waals surface area contributed by atoms with Crippen LogP contribution in [0.2, 0.25) is 18.1 Å². The molecule has 0 radical (unpaired) electrons. The average molecular weight is 357 g/mol. The molecular formula is C15H27N3O5Si. The second-order valence-electron chi connectivity index (χ2n) is 8.23. The molecule has 0 bridgehead atoms. The lowest BCUT2D eigenvalue weighted by Gasteiger charge is -2.37. The van der Waals surface area contributed by atoms with Crippen molar-refractivity contribution in [2.24, 2.45) is 5.11 Å². The van der Waals surface area contributed by atoms with Gasteiger partial charge in [-0.1, -0.05) is 25.9 Å². The molecule has 2 fully saturated rings. The molecule has 8 nitrogen and oxygen atoms in total. The fraction of sp³-hybridized carbons (Fsp3) is 0.933. The highest BCUT2D eigenvalue weighted by atomic mass is 28.4. The molecule has 4 atom stereocenters. The minimum absolute atomic E-state index is 0.0151. The fourth-order valence-electron chi connectivity index (χ4n) is 2.43. The van der Waals surface area contributed by atoms with Gasteiger partial charge in [0.2, 0.25) is 0 Å². The SMILES string of the molecule is CC1(C)O[C@@H]2O[C@@H]([C@H](CO[Si](C)(C)C(C)(C)C)N=[N+]=[N-])C(=O)[C@@H]2O1. The van der Waals surface area contributed by atoms with Crippen LogP contribution in [-0.4, -0.2) is 51.0 Å². The molecule has 24 heavy (non-hydrogen) atoms. The third-order valence-corrected chi connectivity index (χ3v) is 9.37. The third kappa shape index (κ3) is 3.82. The molecule has 0 aliphatic carbocycles. The number of Topliss-reactive ketones (excluding diaryl/α,β-unsaturated/α-hetero) is 1. The number of hydrogen-bond donors (Lipinski definition) is 0. The normalized spacial score (nSPS) is 30.8. The Hall–Kier alpha value is -0.963. The van der Waals surface area contributed by atoms with Gasteiger partial charge in [0, 0.05) is 11.5 Å². The maximum Gasteiger partial charge on any atom is 0.196 e. The second kappa shape index (κ2) is 6.40. The Morgan fingerprint density at radius 2 is 2.00 bits per heavy atom. The van der Waals surface area contributed by atoms with Crippen molar-refractivity contribution in [1.82, 2.24) is 0 Å². The monoisotopic (exact) mass is 357 g/mol. The van der Waals surface area contributed by atoms with Gasteiger partial charge < -0.3 is 18.6 Å². The van der Waals surface area contributed by atoms with Crippen LogP contribution >= 0.6 is 0 Å². The zero-order chi connectivity index (χ0) is 18.3. The Morgan fingerprint density at radius 1 is 1.38 bits per heavy atom. The van der Waals surface area contributed by atoms with E-state index in [2.05, 4.69) is 43.9 Å². The highest BCUT2D eigenvalue weighted by Crippen LogP contribution is 2.39. The second-order valence-corrected chi connectivity index (χ2v) is 13.0. The molecule has 0 spiro atoms. The summed E-state index contributed by atoms with van der Waals surface area (Å²) in [5.74, 6) is -1.12. The van der Waals surface area contributed by atoms with E-state index in [0.717, 1.165) is 0 Å². The number of azide groups is 1. The van der Waals surface area contributed by atoms with Crippen LogP contribution in [0.4, 0.5) is 0 Å². The number of fused-ring (bicyclic) bond motifs is 1. The van der Waals surface area contributed by atoms with Gasteiger partial charge in [0.25, 0.3) is 0 Å². The lowest BCUT2D eigenvalue weighted by molar-refractivity contribution is -0.206. The standard InChI is InChI=1S/C15H27N3O5Si/c1-14(2,3)24(6,7)20-8-9(17-18-16)11-10(19)12-13(21-11)23-15(4,5)22-12/h9,11-13H,8H2,1-7H3/t9-,11-,12-,13-/m0/s1. The van der Waals surface area contributed by atoms with Crippen LogP contribution in [0, 0.1) is 0 Å². The molecule has 9 heteroatoms. The van der Waals surface area contributed by atoms with E-state index in [0.29, 0.717) is 0 Å². The van der Waals surface area contributed by atoms with E-state index in [1.54, 1.807) is 13.8 Å². The molecular weight excluding hydrogens is 330 g/mol. The Bertz CT molecular complexity index is 554. The first-order valence-electron chi connectivity index (χ1n) is 8.11. The summed E-state index contributed by atoms with van der Waals surface area (Å²) in [5.41, 5.74) is 8.84. The predicted molar refractivity (Wildman–Crippen MR) is 89.8 cm³/mol. The van der Waals surface area contributed by atoms with Crippen LogP contribution in [0.3, 0.4) is 0 Å². The number of carbonyl (C=O) groups excluding carboxylic acids is 1. The van der Waals surface area contributed by atoms with E-state index < -0.39 is 38.6 Å². The summed E-state index contributed by atoms with van der Waals surface area (Å²) >= 11 is 0. The number of hydrogen-bond acceptors (Lipinski definition) is 6. The summed E-state index contributed by atoms with van der Waals surface area (Å²) in [5, 5.41) is 3.74. The van der Waals surface area contributed by atoms with Crippen molar-refractivity contribution >= 4 is 14.1 Å². The van der Waals surface area contributed by atoms with Crippen LogP contribution in [0.25, 0.3) is 10.4 Å². The van der Waals surface area contributed by atoms with E-state index in [-0.39, 0.29) is 17.4 Å². The number of ether oxygens (including phenoxy) is 3. The summed E-state index contributed by atoms with van der Waals surface area (Å²) in [6.07, 6.45) is -2.45. The van der Waals surface area contributed by atoms with E-state index in [4.69, 9.17) is 24.2 Å². The predicted octanol–water partition coefficient (Wildman–Crippen LogP) is 3.13. The van der Waals surface area contributed by atoms with E-state index in [1.807, 2.05) is 0 Å². The molecule has 0 N–H and O–H groups in total. The molecule has 0 unspecified atom stereocenters. The van der Waals surface area contributed by atoms with Gasteiger partial charge in [-0.25, -0.2) is 0 Å². The quantitative estimate of drug-likeness (QED) is 0.325. The molecule has 2 heterocycles. The molecule has 2 rings (SSSR count). The minimum Gasteiger partial charge on any atom is -0.416 e. The smallest absolute Gasteiger partial charge is 0.196 e. The van der Waals surface area contributed by atoms with Crippen LogP contribution in [0.15, 0.2) is 5.11 Å². The van der Waals surface area contributed by atoms with Crippen LogP contribution in [0.5, 0.6) is 0 Å². The highest BCUT2D eigenvalue weighted by Gasteiger charge is 2.56. The molecule has 136 valence electrons. The summed E-state index contributed by atoms with van der Waals surface area (Å²) < 4.78 is 22.9. The first-order chi connectivity index (χ1) is 10.9. The largest absolute Gasteiger partial charge is 0.416 e. The number of nitrogens with zero attached hydrogens (tertiary/aromatic N) is 3. The maximum absolute atomic E-state index is 12.6. The van der Waals surface area contributed by atoms with Gasteiger partial charge in [-0.3, -0.25) is 4.79 Å². The molecule has 0 saturated carbocycles. The summed E-state index contributed by atoms with van der Waals surface area (Å²) in [7, 11) is -2.03. The summed E-state index contributed by atoms with van der Waals surface area (Å²) in [6.45, 7) is 14.1. The van der Waals surface area contributed by atoms with Crippen LogP contribution < -0.4 is 0 Å². The third-order valence-electron chi connectivity index (χ3n) is 4.87.